The summed E-state index contributed by atoms with van der Waals surface area (Å²) in [4.78, 5) is 23.6. The lowest BCUT2D eigenvalue weighted by atomic mass is 9.82. The first-order valence-corrected chi connectivity index (χ1v) is 10.3. The summed E-state index contributed by atoms with van der Waals surface area (Å²) < 4.78 is 46.8. The SMILES string of the molecule is CCOC(=O)C(NS(=O)(=O)c1ccccc1F)C1(N=O)CC[N+](C)(S)CC1. The Morgan fingerprint density at radius 3 is 2.52 bits per heavy atom. The molecule has 1 unspecified atom stereocenters. The Morgan fingerprint density at radius 1 is 1.41 bits per heavy atom. The molecule has 0 bridgehead atoms. The van der Waals surface area contributed by atoms with E-state index in [0.717, 1.165) is 12.1 Å². The highest BCUT2D eigenvalue weighted by atomic mass is 32.2. The van der Waals surface area contributed by atoms with E-state index in [2.05, 4.69) is 22.7 Å². The van der Waals surface area contributed by atoms with Crippen molar-refractivity contribution in [3.8, 4) is 0 Å². The number of ether oxygens (including phenoxy) is 1. The molecule has 27 heavy (non-hydrogen) atoms. The topological polar surface area (TPSA) is 102 Å². The summed E-state index contributed by atoms with van der Waals surface area (Å²) in [6.07, 6.45) is 0.250. The number of benzene rings is 1. The number of halogens is 1. The van der Waals surface area contributed by atoms with Crippen LogP contribution in [0.1, 0.15) is 19.8 Å². The average molecular weight is 421 g/mol. The largest absolute Gasteiger partial charge is 0.465 e. The molecule has 8 nitrogen and oxygen atoms in total. The molecule has 1 aromatic rings. The normalized spacial score (nSPS) is 27.0. The zero-order chi connectivity index (χ0) is 20.3. The van der Waals surface area contributed by atoms with Crippen LogP contribution in [0.3, 0.4) is 0 Å². The summed E-state index contributed by atoms with van der Waals surface area (Å²) in [5, 5.41) is 3.13. The van der Waals surface area contributed by atoms with Gasteiger partial charge in [0.15, 0.2) is 0 Å². The number of nitrogens with one attached hydrogen (secondary N) is 1. The Balaban J connectivity index is 2.42. The van der Waals surface area contributed by atoms with Crippen LogP contribution in [0.5, 0.6) is 0 Å². The average Bonchev–Trinajstić information content (AvgIpc) is 2.61. The quantitative estimate of drug-likeness (QED) is 0.302. The number of esters is 1. The number of nitrogens with zero attached hydrogens (tertiary/aromatic N) is 2. The van der Waals surface area contributed by atoms with Gasteiger partial charge in [-0.1, -0.05) is 17.3 Å². The highest BCUT2D eigenvalue weighted by molar-refractivity contribution is 7.89. The lowest BCUT2D eigenvalue weighted by Gasteiger charge is -2.41. The maximum absolute atomic E-state index is 14.0. The molecular weight excluding hydrogens is 397 g/mol. The fourth-order valence-corrected chi connectivity index (χ4v) is 4.56. The molecule has 1 atom stereocenters. The number of hydrogen-bond acceptors (Lipinski definition) is 7. The number of carbonyl (C=O) groups is 1. The molecule has 1 fully saturated rings. The Bertz CT molecular complexity index is 806. The van der Waals surface area contributed by atoms with Crippen molar-refractivity contribution in [1.82, 2.24) is 4.72 Å². The van der Waals surface area contributed by atoms with Gasteiger partial charge in [0, 0.05) is 12.8 Å². The van der Waals surface area contributed by atoms with E-state index in [1.54, 1.807) is 6.92 Å². The molecule has 2 rings (SSSR count). The summed E-state index contributed by atoms with van der Waals surface area (Å²) in [5.74, 6) is -1.89. The second kappa shape index (κ2) is 8.21. The van der Waals surface area contributed by atoms with Crippen LogP contribution < -0.4 is 4.72 Å². The Kier molecular flexibility index (Phi) is 6.61. The van der Waals surface area contributed by atoms with Crippen molar-refractivity contribution in [2.45, 2.75) is 36.2 Å². The van der Waals surface area contributed by atoms with E-state index in [9.17, 15) is 22.5 Å². The number of thiol groups is 1. The summed E-state index contributed by atoms with van der Waals surface area (Å²) in [5.41, 5.74) is -1.54. The third-order valence-corrected chi connectivity index (χ3v) is 6.55. The van der Waals surface area contributed by atoms with Crippen molar-refractivity contribution in [2.75, 3.05) is 26.7 Å². The smallest absolute Gasteiger partial charge is 0.326 e. The van der Waals surface area contributed by atoms with E-state index < -0.39 is 38.3 Å². The molecule has 11 heteroatoms. The molecule has 0 aliphatic carbocycles. The first-order valence-electron chi connectivity index (χ1n) is 8.42. The lowest BCUT2D eigenvalue weighted by Crippen LogP contribution is -2.61. The minimum Gasteiger partial charge on any atom is -0.465 e. The van der Waals surface area contributed by atoms with Crippen LogP contribution in [0, 0.1) is 10.7 Å². The van der Waals surface area contributed by atoms with Crippen LogP contribution in [0.2, 0.25) is 0 Å². The second-order valence-electron chi connectivity index (χ2n) is 6.72. The number of nitroso groups, excluding NO2 is 1. The number of piperidine rings is 1. The van der Waals surface area contributed by atoms with Crippen LogP contribution in [-0.4, -0.2) is 56.6 Å². The van der Waals surface area contributed by atoms with Crippen LogP contribution in [0.25, 0.3) is 0 Å². The van der Waals surface area contributed by atoms with E-state index in [4.69, 9.17) is 4.74 Å². The van der Waals surface area contributed by atoms with Gasteiger partial charge in [0.1, 0.15) is 22.3 Å². The first-order chi connectivity index (χ1) is 12.6. The van der Waals surface area contributed by atoms with Gasteiger partial charge >= 0.3 is 5.97 Å². The standard InChI is InChI=1S/C16H23FN3O5S2/c1-3-25-15(21)14(16(19-22)8-10-20(2,26)11-9-16)18-27(23,24)13-7-5-4-6-12(13)17/h4-7,14,18,26H,3,8-11H2,1-2H3/q+1. The monoisotopic (exact) mass is 420 g/mol. The molecule has 1 N–H and O–H groups in total. The molecule has 0 aromatic heterocycles. The first kappa shape index (κ1) is 21.7. The van der Waals surface area contributed by atoms with E-state index in [-0.39, 0.29) is 19.4 Å². The molecule has 1 heterocycles. The maximum Gasteiger partial charge on any atom is 0.326 e. The zero-order valence-electron chi connectivity index (χ0n) is 15.1. The third kappa shape index (κ3) is 4.84. The van der Waals surface area contributed by atoms with E-state index >= 15 is 0 Å². The second-order valence-corrected chi connectivity index (χ2v) is 9.37. The van der Waals surface area contributed by atoms with Crippen LogP contribution in [0.4, 0.5) is 4.39 Å². The van der Waals surface area contributed by atoms with Crippen LogP contribution in [0.15, 0.2) is 34.3 Å². The van der Waals surface area contributed by atoms with E-state index in [0.29, 0.717) is 17.0 Å². The summed E-state index contributed by atoms with van der Waals surface area (Å²) in [6, 6.07) is 3.20. The van der Waals surface area contributed by atoms with Gasteiger partial charge in [-0.25, -0.2) is 12.8 Å². The van der Waals surface area contributed by atoms with Crippen molar-refractivity contribution >= 4 is 28.8 Å². The van der Waals surface area contributed by atoms with Crippen molar-refractivity contribution < 1.29 is 26.2 Å². The Morgan fingerprint density at radius 2 is 2.00 bits per heavy atom. The molecule has 1 aliphatic rings. The van der Waals surface area contributed by atoms with Gasteiger partial charge in [-0.15, -0.1) is 0 Å². The van der Waals surface area contributed by atoms with Gasteiger partial charge in [-0.2, -0.15) is 9.63 Å². The van der Waals surface area contributed by atoms with Crippen molar-refractivity contribution in [1.29, 1.82) is 0 Å². The minimum atomic E-state index is -4.43. The highest BCUT2D eigenvalue weighted by Gasteiger charge is 2.52. The van der Waals surface area contributed by atoms with E-state index in [1.807, 2.05) is 7.05 Å². The predicted molar refractivity (Wildman–Crippen MR) is 99.8 cm³/mol. The molecule has 150 valence electrons. The van der Waals surface area contributed by atoms with Crippen molar-refractivity contribution in [2.24, 2.45) is 5.18 Å². The van der Waals surface area contributed by atoms with E-state index in [1.165, 1.54) is 12.1 Å². The Labute approximate surface area is 163 Å². The van der Waals surface area contributed by atoms with Crippen molar-refractivity contribution in [3.05, 3.63) is 35.0 Å². The molecule has 0 spiro atoms. The molecule has 0 amide bonds. The van der Waals surface area contributed by atoms with Gasteiger partial charge in [0.25, 0.3) is 0 Å². The number of carbonyl (C=O) groups excluding carboxylic acids is 1. The van der Waals surface area contributed by atoms with Crippen LogP contribution >= 0.6 is 12.8 Å². The van der Waals surface area contributed by atoms with Gasteiger partial charge < -0.3 is 4.74 Å². The minimum absolute atomic E-state index is 0.00789. The molecule has 1 aliphatic heterocycles. The number of likely N-dealkylation sites (tertiary alicyclic amines) is 1. The molecule has 1 saturated heterocycles. The summed E-state index contributed by atoms with van der Waals surface area (Å²) in [7, 11) is -2.59. The zero-order valence-corrected chi connectivity index (χ0v) is 16.8. The fourth-order valence-electron chi connectivity index (χ4n) is 3.02. The highest BCUT2D eigenvalue weighted by Crippen LogP contribution is 2.35. The number of rotatable bonds is 7. The molecule has 1 aromatic carbocycles. The predicted octanol–water partition coefficient (Wildman–Crippen LogP) is 1.63. The lowest BCUT2D eigenvalue weighted by molar-refractivity contribution is -0.778. The number of quaternary nitrogens is 1. The molecule has 0 saturated carbocycles. The Hall–Kier alpha value is -1.56. The van der Waals surface area contributed by atoms with Gasteiger partial charge in [0.05, 0.1) is 39.6 Å². The molecular formula is C16H23FN3O5S2+. The number of sulfonamides is 1. The fraction of sp³-hybridized carbons (Fsp3) is 0.562. The molecule has 0 radical (unpaired) electrons. The summed E-state index contributed by atoms with van der Waals surface area (Å²) >= 11 is 4.44. The van der Waals surface area contributed by atoms with Gasteiger partial charge in [-0.05, 0) is 19.1 Å². The van der Waals surface area contributed by atoms with Crippen LogP contribution in [-0.2, 0) is 19.6 Å². The van der Waals surface area contributed by atoms with Gasteiger partial charge in [-0.3, -0.25) is 8.68 Å². The summed E-state index contributed by atoms with van der Waals surface area (Å²) in [6.45, 7) is 2.34. The maximum atomic E-state index is 14.0. The third-order valence-electron chi connectivity index (χ3n) is 4.69. The van der Waals surface area contributed by atoms with Crippen molar-refractivity contribution in [3.63, 3.8) is 0 Å². The number of hydrogen-bond donors (Lipinski definition) is 2. The van der Waals surface area contributed by atoms with Gasteiger partial charge in [0.2, 0.25) is 10.0 Å².